The minimum Gasteiger partial charge on any atom is -0.348 e. The number of amides is 2. The molecule has 0 saturated heterocycles. The smallest absolute Gasteiger partial charge is 0.272 e. The molecule has 7 heteroatoms. The number of hydrogen-bond donors (Lipinski definition) is 1. The van der Waals surface area contributed by atoms with Crippen LogP contribution in [0.25, 0.3) is 0 Å². The van der Waals surface area contributed by atoms with Crippen LogP contribution in [-0.2, 0) is 6.54 Å². The van der Waals surface area contributed by atoms with Crippen LogP contribution in [0.5, 0.6) is 0 Å². The molecule has 1 N–H and O–H groups in total. The second kappa shape index (κ2) is 7.57. The van der Waals surface area contributed by atoms with Crippen LogP contribution in [0.3, 0.4) is 0 Å². The Bertz CT molecular complexity index is 814. The predicted octanol–water partition coefficient (Wildman–Crippen LogP) is 2.54. The molecule has 2 aromatic carbocycles. The first-order valence-corrected chi connectivity index (χ1v) is 7.63. The number of nitrogens with one attached hydrogen (secondary N) is 1. The summed E-state index contributed by atoms with van der Waals surface area (Å²) in [5, 5.41) is 13.6. The Morgan fingerprint density at radius 1 is 1.08 bits per heavy atom. The molecule has 0 aromatic heterocycles. The Hall–Kier alpha value is -3.22. The summed E-state index contributed by atoms with van der Waals surface area (Å²) in [5.41, 5.74) is 2.21. The molecular formula is C18H19N3O4. The van der Waals surface area contributed by atoms with Crippen LogP contribution in [0.2, 0.25) is 0 Å². The predicted molar refractivity (Wildman–Crippen MR) is 93.5 cm³/mol. The summed E-state index contributed by atoms with van der Waals surface area (Å²) >= 11 is 0. The highest BCUT2D eigenvalue weighted by atomic mass is 16.6. The third-order valence-electron chi connectivity index (χ3n) is 3.72. The van der Waals surface area contributed by atoms with E-state index >= 15 is 0 Å². The Balaban J connectivity index is 2.01. The Kier molecular flexibility index (Phi) is 5.49. The minimum absolute atomic E-state index is 0.0160. The maximum absolute atomic E-state index is 12.2. The van der Waals surface area contributed by atoms with Crippen molar-refractivity contribution < 1.29 is 14.5 Å². The summed E-state index contributed by atoms with van der Waals surface area (Å²) in [6, 6.07) is 11.2. The van der Waals surface area contributed by atoms with E-state index in [0.29, 0.717) is 23.2 Å². The van der Waals surface area contributed by atoms with E-state index in [0.717, 1.165) is 5.56 Å². The average molecular weight is 341 g/mol. The van der Waals surface area contributed by atoms with Crippen molar-refractivity contribution in [1.29, 1.82) is 0 Å². The summed E-state index contributed by atoms with van der Waals surface area (Å²) in [7, 11) is 3.37. The van der Waals surface area contributed by atoms with Crippen molar-refractivity contribution in [2.45, 2.75) is 13.5 Å². The first-order chi connectivity index (χ1) is 11.8. The maximum Gasteiger partial charge on any atom is 0.272 e. The van der Waals surface area contributed by atoms with Gasteiger partial charge in [0, 0.05) is 43.4 Å². The van der Waals surface area contributed by atoms with E-state index < -0.39 is 4.92 Å². The second-order valence-electron chi connectivity index (χ2n) is 5.84. The topological polar surface area (TPSA) is 92.6 Å². The SMILES string of the molecule is Cc1cc(C(=O)NCc2ccc(C(=O)N(C)C)cc2)ccc1[N+](=O)[O-]. The van der Waals surface area contributed by atoms with Gasteiger partial charge < -0.3 is 10.2 Å². The van der Waals surface area contributed by atoms with Crippen molar-refractivity contribution in [3.8, 4) is 0 Å². The normalized spacial score (nSPS) is 10.2. The third-order valence-corrected chi connectivity index (χ3v) is 3.72. The molecule has 0 atom stereocenters. The average Bonchev–Trinajstić information content (AvgIpc) is 2.58. The lowest BCUT2D eigenvalue weighted by Gasteiger charge is -2.11. The quantitative estimate of drug-likeness (QED) is 0.668. The molecule has 0 fully saturated rings. The molecule has 0 unspecified atom stereocenters. The van der Waals surface area contributed by atoms with E-state index in [9.17, 15) is 19.7 Å². The first-order valence-electron chi connectivity index (χ1n) is 7.63. The highest BCUT2D eigenvalue weighted by molar-refractivity contribution is 5.95. The molecule has 7 nitrogen and oxygen atoms in total. The molecule has 25 heavy (non-hydrogen) atoms. The molecule has 2 aromatic rings. The number of carbonyl (C=O) groups is 2. The number of nitro groups is 1. The Morgan fingerprint density at radius 3 is 2.20 bits per heavy atom. The zero-order chi connectivity index (χ0) is 18.6. The standard InChI is InChI=1S/C18H19N3O4/c1-12-10-15(8-9-16(12)21(24)25)17(22)19-11-13-4-6-14(7-5-13)18(23)20(2)3/h4-10H,11H2,1-3H3,(H,19,22). The molecule has 0 radical (unpaired) electrons. The van der Waals surface area contributed by atoms with E-state index in [1.165, 1.54) is 23.1 Å². The van der Waals surface area contributed by atoms with Gasteiger partial charge in [-0.15, -0.1) is 0 Å². The van der Waals surface area contributed by atoms with Crippen molar-refractivity contribution in [3.05, 3.63) is 74.8 Å². The second-order valence-corrected chi connectivity index (χ2v) is 5.84. The molecule has 0 heterocycles. The van der Waals surface area contributed by atoms with E-state index in [1.54, 1.807) is 45.3 Å². The number of hydrogen-bond acceptors (Lipinski definition) is 4. The molecule has 130 valence electrons. The molecule has 0 aliphatic heterocycles. The fourth-order valence-electron chi connectivity index (χ4n) is 2.31. The van der Waals surface area contributed by atoms with Gasteiger partial charge in [0.05, 0.1) is 4.92 Å². The van der Waals surface area contributed by atoms with Gasteiger partial charge in [-0.05, 0) is 36.8 Å². The van der Waals surface area contributed by atoms with Crippen LogP contribution in [-0.4, -0.2) is 35.7 Å². The fourth-order valence-corrected chi connectivity index (χ4v) is 2.31. The molecule has 2 amide bonds. The van der Waals surface area contributed by atoms with Gasteiger partial charge >= 0.3 is 0 Å². The maximum atomic E-state index is 12.2. The molecule has 2 rings (SSSR count). The lowest BCUT2D eigenvalue weighted by molar-refractivity contribution is -0.385. The van der Waals surface area contributed by atoms with Gasteiger partial charge in [-0.1, -0.05) is 12.1 Å². The highest BCUT2D eigenvalue weighted by Crippen LogP contribution is 2.18. The number of benzene rings is 2. The summed E-state index contributed by atoms with van der Waals surface area (Å²) in [4.78, 5) is 35.8. The van der Waals surface area contributed by atoms with Crippen LogP contribution in [0, 0.1) is 17.0 Å². The summed E-state index contributed by atoms with van der Waals surface area (Å²) in [6.07, 6.45) is 0. The van der Waals surface area contributed by atoms with Crippen molar-refractivity contribution in [3.63, 3.8) is 0 Å². The third kappa shape index (κ3) is 4.41. The molecule has 0 saturated carbocycles. The van der Waals surface area contributed by atoms with Crippen LogP contribution in [0.4, 0.5) is 5.69 Å². The van der Waals surface area contributed by atoms with Crippen LogP contribution in [0.15, 0.2) is 42.5 Å². The number of nitrogens with zero attached hydrogens (tertiary/aromatic N) is 2. The van der Waals surface area contributed by atoms with Crippen LogP contribution < -0.4 is 5.32 Å². The van der Waals surface area contributed by atoms with Gasteiger partial charge in [-0.3, -0.25) is 19.7 Å². The first kappa shape index (κ1) is 18.1. The van der Waals surface area contributed by atoms with E-state index in [4.69, 9.17) is 0 Å². The van der Waals surface area contributed by atoms with Crippen molar-refractivity contribution in [2.75, 3.05) is 14.1 Å². The number of carbonyl (C=O) groups excluding carboxylic acids is 2. The molecule has 0 aliphatic rings. The van der Waals surface area contributed by atoms with Crippen molar-refractivity contribution in [2.24, 2.45) is 0 Å². The lowest BCUT2D eigenvalue weighted by Crippen LogP contribution is -2.23. The van der Waals surface area contributed by atoms with Gasteiger partial charge in [-0.25, -0.2) is 0 Å². The minimum atomic E-state index is -0.479. The zero-order valence-electron chi connectivity index (χ0n) is 14.3. The number of rotatable bonds is 5. The van der Waals surface area contributed by atoms with Gasteiger partial charge in [-0.2, -0.15) is 0 Å². The van der Waals surface area contributed by atoms with Crippen LogP contribution >= 0.6 is 0 Å². The molecule has 0 spiro atoms. The van der Waals surface area contributed by atoms with Gasteiger partial charge in [0.15, 0.2) is 0 Å². The Morgan fingerprint density at radius 2 is 1.68 bits per heavy atom. The van der Waals surface area contributed by atoms with E-state index in [1.807, 2.05) is 0 Å². The highest BCUT2D eigenvalue weighted by Gasteiger charge is 2.14. The summed E-state index contributed by atoms with van der Waals surface area (Å²) in [5.74, 6) is -0.400. The van der Waals surface area contributed by atoms with Crippen molar-refractivity contribution >= 4 is 17.5 Å². The monoisotopic (exact) mass is 341 g/mol. The van der Waals surface area contributed by atoms with Crippen molar-refractivity contribution in [1.82, 2.24) is 10.2 Å². The van der Waals surface area contributed by atoms with E-state index in [-0.39, 0.29) is 17.5 Å². The zero-order valence-corrected chi connectivity index (χ0v) is 14.3. The number of aryl methyl sites for hydroxylation is 1. The molecule has 0 aliphatic carbocycles. The van der Waals surface area contributed by atoms with Gasteiger partial charge in [0.1, 0.15) is 0 Å². The fraction of sp³-hybridized carbons (Fsp3) is 0.222. The lowest BCUT2D eigenvalue weighted by atomic mass is 10.1. The van der Waals surface area contributed by atoms with Crippen LogP contribution in [0.1, 0.15) is 31.8 Å². The van der Waals surface area contributed by atoms with Gasteiger partial charge in [0.25, 0.3) is 17.5 Å². The van der Waals surface area contributed by atoms with Gasteiger partial charge in [0.2, 0.25) is 0 Å². The molecule has 0 bridgehead atoms. The summed E-state index contributed by atoms with van der Waals surface area (Å²) < 4.78 is 0. The Labute approximate surface area is 145 Å². The summed E-state index contributed by atoms with van der Waals surface area (Å²) in [6.45, 7) is 1.89. The number of nitro benzene ring substituents is 1. The molecular weight excluding hydrogens is 322 g/mol. The van der Waals surface area contributed by atoms with E-state index in [2.05, 4.69) is 5.32 Å². The largest absolute Gasteiger partial charge is 0.348 e.